The second-order valence-corrected chi connectivity index (χ2v) is 6.63. The van der Waals surface area contributed by atoms with Crippen LogP contribution in [-0.2, 0) is 6.54 Å². The fourth-order valence-electron chi connectivity index (χ4n) is 3.25. The van der Waals surface area contributed by atoms with Crippen molar-refractivity contribution in [3.05, 3.63) is 78.8 Å². The molecule has 5 rings (SSSR count). The normalized spacial score (nSPS) is 12.6. The summed E-state index contributed by atoms with van der Waals surface area (Å²) in [5.74, 6) is 1.48. The van der Waals surface area contributed by atoms with Gasteiger partial charge in [0.25, 0.3) is 0 Å². The first-order valence-corrected chi connectivity index (χ1v) is 9.41. The minimum atomic E-state index is 0.551. The average Bonchev–Trinajstić information content (AvgIpc) is 3.28. The molecule has 0 atom stereocenters. The molecular formula is C22H19N5O2. The van der Waals surface area contributed by atoms with Gasteiger partial charge >= 0.3 is 0 Å². The van der Waals surface area contributed by atoms with Gasteiger partial charge in [-0.05, 0) is 35.9 Å². The molecule has 1 aliphatic heterocycles. The Hall–Kier alpha value is -3.87. The van der Waals surface area contributed by atoms with Crippen LogP contribution in [-0.4, -0.2) is 33.2 Å². The van der Waals surface area contributed by atoms with Crippen LogP contribution in [0.25, 0.3) is 16.9 Å². The van der Waals surface area contributed by atoms with Gasteiger partial charge in [0.15, 0.2) is 11.5 Å². The van der Waals surface area contributed by atoms with Crippen LogP contribution in [0.3, 0.4) is 0 Å². The summed E-state index contributed by atoms with van der Waals surface area (Å²) in [4.78, 5) is 4.06. The molecule has 144 valence electrons. The predicted molar refractivity (Wildman–Crippen MR) is 109 cm³/mol. The summed E-state index contributed by atoms with van der Waals surface area (Å²) in [6.45, 7) is 1.83. The second-order valence-electron chi connectivity index (χ2n) is 6.63. The third kappa shape index (κ3) is 3.62. The minimum Gasteiger partial charge on any atom is -0.486 e. The summed E-state index contributed by atoms with van der Waals surface area (Å²) in [6.07, 6.45) is 5.50. The Kier molecular flexibility index (Phi) is 4.54. The summed E-state index contributed by atoms with van der Waals surface area (Å²) < 4.78 is 13.0. The zero-order valence-electron chi connectivity index (χ0n) is 15.7. The summed E-state index contributed by atoms with van der Waals surface area (Å²) in [6, 6.07) is 17.8. The lowest BCUT2D eigenvalue weighted by atomic mass is 10.1. The van der Waals surface area contributed by atoms with Crippen LogP contribution in [0.5, 0.6) is 11.5 Å². The predicted octanol–water partition coefficient (Wildman–Crippen LogP) is 3.71. The van der Waals surface area contributed by atoms with Crippen molar-refractivity contribution in [3.63, 3.8) is 0 Å². The van der Waals surface area contributed by atoms with E-state index >= 15 is 0 Å². The molecule has 0 saturated heterocycles. The fraction of sp³-hybridized carbons (Fsp3) is 0.136. The van der Waals surface area contributed by atoms with Gasteiger partial charge in [0, 0.05) is 36.3 Å². The zero-order valence-corrected chi connectivity index (χ0v) is 15.7. The van der Waals surface area contributed by atoms with E-state index in [1.165, 1.54) is 0 Å². The van der Waals surface area contributed by atoms with E-state index in [0.717, 1.165) is 39.7 Å². The SMILES string of the molecule is c1ccc(-c2cn(-c3ccc4c(c3)OCCO4)nn2)c(NCc2ccncc2)c1. The smallest absolute Gasteiger partial charge is 0.163 e. The van der Waals surface area contributed by atoms with Gasteiger partial charge in [-0.3, -0.25) is 4.98 Å². The summed E-state index contributed by atoms with van der Waals surface area (Å²) in [7, 11) is 0. The molecular weight excluding hydrogens is 366 g/mol. The lowest BCUT2D eigenvalue weighted by Crippen LogP contribution is -2.15. The molecule has 0 saturated carbocycles. The first-order chi connectivity index (χ1) is 14.4. The number of nitrogens with zero attached hydrogens (tertiary/aromatic N) is 4. The lowest BCUT2D eigenvalue weighted by molar-refractivity contribution is 0.171. The molecule has 0 bridgehead atoms. The topological polar surface area (TPSA) is 74.1 Å². The summed E-state index contributed by atoms with van der Waals surface area (Å²) in [5.41, 5.74) is 4.81. The Balaban J connectivity index is 1.41. The molecule has 7 nitrogen and oxygen atoms in total. The lowest BCUT2D eigenvalue weighted by Gasteiger charge is -2.18. The monoisotopic (exact) mass is 385 g/mol. The van der Waals surface area contributed by atoms with Gasteiger partial charge in [-0.1, -0.05) is 23.4 Å². The molecule has 3 heterocycles. The third-order valence-corrected chi connectivity index (χ3v) is 4.72. The molecule has 29 heavy (non-hydrogen) atoms. The zero-order chi connectivity index (χ0) is 19.5. The van der Waals surface area contributed by atoms with Gasteiger partial charge in [-0.2, -0.15) is 0 Å². The molecule has 1 aliphatic rings. The number of anilines is 1. The fourth-order valence-corrected chi connectivity index (χ4v) is 3.25. The average molecular weight is 385 g/mol. The number of nitrogens with one attached hydrogen (secondary N) is 1. The van der Waals surface area contributed by atoms with Crippen molar-refractivity contribution < 1.29 is 9.47 Å². The van der Waals surface area contributed by atoms with Crippen LogP contribution >= 0.6 is 0 Å². The number of fused-ring (bicyclic) bond motifs is 1. The van der Waals surface area contributed by atoms with Crippen molar-refractivity contribution in [1.82, 2.24) is 20.0 Å². The number of aromatic nitrogens is 4. The quantitative estimate of drug-likeness (QED) is 0.565. The van der Waals surface area contributed by atoms with Gasteiger partial charge in [-0.15, -0.1) is 5.10 Å². The molecule has 4 aromatic rings. The van der Waals surface area contributed by atoms with Crippen LogP contribution in [0.2, 0.25) is 0 Å². The molecule has 0 spiro atoms. The van der Waals surface area contributed by atoms with Crippen LogP contribution in [0.1, 0.15) is 5.56 Å². The maximum Gasteiger partial charge on any atom is 0.163 e. The number of ether oxygens (including phenoxy) is 2. The highest BCUT2D eigenvalue weighted by Gasteiger charge is 2.14. The minimum absolute atomic E-state index is 0.551. The number of rotatable bonds is 5. The molecule has 0 amide bonds. The van der Waals surface area contributed by atoms with E-state index in [0.29, 0.717) is 19.8 Å². The standard InChI is InChI=1S/C22H19N5O2/c1-2-4-19(24-14-16-7-9-23-10-8-16)18(3-1)20-15-27(26-25-20)17-5-6-21-22(13-17)29-12-11-28-21/h1-10,13,15,24H,11-12,14H2. The highest BCUT2D eigenvalue weighted by Crippen LogP contribution is 2.32. The van der Waals surface area contributed by atoms with Gasteiger partial charge in [0.1, 0.15) is 18.9 Å². The van der Waals surface area contributed by atoms with E-state index in [9.17, 15) is 0 Å². The van der Waals surface area contributed by atoms with E-state index < -0.39 is 0 Å². The summed E-state index contributed by atoms with van der Waals surface area (Å²) >= 11 is 0. The number of hydrogen-bond donors (Lipinski definition) is 1. The molecule has 0 aliphatic carbocycles. The Morgan fingerprint density at radius 2 is 1.76 bits per heavy atom. The second kappa shape index (κ2) is 7.63. The van der Waals surface area contributed by atoms with Crippen molar-refractivity contribution in [2.45, 2.75) is 6.54 Å². The maximum atomic E-state index is 5.67. The molecule has 0 radical (unpaired) electrons. The van der Waals surface area contributed by atoms with Crippen LogP contribution in [0, 0.1) is 0 Å². The van der Waals surface area contributed by atoms with E-state index in [1.54, 1.807) is 17.1 Å². The number of para-hydroxylation sites is 1. The first kappa shape index (κ1) is 17.2. The summed E-state index contributed by atoms with van der Waals surface area (Å²) in [5, 5.41) is 12.2. The van der Waals surface area contributed by atoms with Crippen LogP contribution in [0.15, 0.2) is 73.2 Å². The molecule has 2 aromatic heterocycles. The van der Waals surface area contributed by atoms with Crippen LogP contribution in [0.4, 0.5) is 5.69 Å². The highest BCUT2D eigenvalue weighted by molar-refractivity contribution is 5.75. The molecule has 0 unspecified atom stereocenters. The molecule has 2 aromatic carbocycles. The largest absolute Gasteiger partial charge is 0.486 e. The molecule has 1 N–H and O–H groups in total. The van der Waals surface area contributed by atoms with E-state index in [4.69, 9.17) is 9.47 Å². The molecule has 0 fully saturated rings. The van der Waals surface area contributed by atoms with E-state index in [2.05, 4.69) is 20.6 Å². The van der Waals surface area contributed by atoms with Crippen molar-refractivity contribution in [3.8, 4) is 28.4 Å². The van der Waals surface area contributed by atoms with Crippen molar-refractivity contribution in [1.29, 1.82) is 0 Å². The maximum absolute atomic E-state index is 5.67. The number of hydrogen-bond acceptors (Lipinski definition) is 6. The first-order valence-electron chi connectivity index (χ1n) is 9.41. The third-order valence-electron chi connectivity index (χ3n) is 4.72. The Morgan fingerprint density at radius 1 is 0.931 bits per heavy atom. The van der Waals surface area contributed by atoms with Gasteiger partial charge in [-0.25, -0.2) is 4.68 Å². The highest BCUT2D eigenvalue weighted by atomic mass is 16.6. The Labute approximate surface area is 167 Å². The van der Waals surface area contributed by atoms with Crippen molar-refractivity contribution in [2.75, 3.05) is 18.5 Å². The van der Waals surface area contributed by atoms with Gasteiger partial charge < -0.3 is 14.8 Å². The van der Waals surface area contributed by atoms with E-state index in [-0.39, 0.29) is 0 Å². The van der Waals surface area contributed by atoms with E-state index in [1.807, 2.05) is 60.8 Å². The van der Waals surface area contributed by atoms with Gasteiger partial charge in [0.2, 0.25) is 0 Å². The number of benzene rings is 2. The Bertz CT molecular complexity index is 1130. The van der Waals surface area contributed by atoms with Crippen molar-refractivity contribution in [2.24, 2.45) is 0 Å². The Morgan fingerprint density at radius 3 is 2.66 bits per heavy atom. The molecule has 7 heteroatoms. The van der Waals surface area contributed by atoms with Gasteiger partial charge in [0.05, 0.1) is 11.9 Å². The number of pyridine rings is 1. The van der Waals surface area contributed by atoms with Crippen LogP contribution < -0.4 is 14.8 Å². The van der Waals surface area contributed by atoms with Crippen molar-refractivity contribution >= 4 is 5.69 Å².